The van der Waals surface area contributed by atoms with Crippen LogP contribution >= 0.6 is 0 Å². The van der Waals surface area contributed by atoms with E-state index in [-0.39, 0.29) is 11.5 Å². The Morgan fingerprint density at radius 2 is 2.42 bits per heavy atom. The van der Waals surface area contributed by atoms with Crippen molar-refractivity contribution in [2.45, 2.75) is 32.8 Å². The summed E-state index contributed by atoms with van der Waals surface area (Å²) in [6, 6.07) is 0. The molecule has 1 unspecified atom stereocenters. The summed E-state index contributed by atoms with van der Waals surface area (Å²) in [5.41, 5.74) is 8.33. The average molecular weight is 169 g/mol. The van der Waals surface area contributed by atoms with Crippen LogP contribution in [0.3, 0.4) is 0 Å². The first kappa shape index (κ1) is 9.36. The SMILES string of the molecule is CC1(C)CCCOC1CN=[N+]=[N-]. The number of azide groups is 1. The van der Waals surface area contributed by atoms with Gasteiger partial charge in [0.05, 0.1) is 12.6 Å². The third-order valence-electron chi connectivity index (χ3n) is 2.47. The van der Waals surface area contributed by atoms with E-state index in [1.54, 1.807) is 0 Å². The van der Waals surface area contributed by atoms with Gasteiger partial charge in [-0.1, -0.05) is 19.0 Å². The molecule has 68 valence electrons. The summed E-state index contributed by atoms with van der Waals surface area (Å²) in [5.74, 6) is 0. The zero-order valence-corrected chi connectivity index (χ0v) is 7.66. The van der Waals surface area contributed by atoms with Gasteiger partial charge in [0.25, 0.3) is 0 Å². The van der Waals surface area contributed by atoms with Crippen LogP contribution < -0.4 is 0 Å². The summed E-state index contributed by atoms with van der Waals surface area (Å²) >= 11 is 0. The Balaban J connectivity index is 2.53. The van der Waals surface area contributed by atoms with E-state index < -0.39 is 0 Å². The van der Waals surface area contributed by atoms with Crippen molar-refractivity contribution in [2.75, 3.05) is 13.2 Å². The quantitative estimate of drug-likeness (QED) is 0.356. The first-order valence-electron chi connectivity index (χ1n) is 4.29. The fraction of sp³-hybridized carbons (Fsp3) is 1.00. The minimum absolute atomic E-state index is 0.0992. The van der Waals surface area contributed by atoms with Crippen molar-refractivity contribution in [2.24, 2.45) is 10.5 Å². The van der Waals surface area contributed by atoms with Gasteiger partial charge in [0.2, 0.25) is 0 Å². The van der Waals surface area contributed by atoms with Crippen LogP contribution in [-0.4, -0.2) is 19.3 Å². The van der Waals surface area contributed by atoms with E-state index in [4.69, 9.17) is 10.3 Å². The third-order valence-corrected chi connectivity index (χ3v) is 2.47. The molecule has 0 spiro atoms. The fourth-order valence-corrected chi connectivity index (χ4v) is 1.55. The Bertz CT molecular complexity index is 196. The Morgan fingerprint density at radius 3 is 3.00 bits per heavy atom. The van der Waals surface area contributed by atoms with E-state index in [9.17, 15) is 0 Å². The maximum atomic E-state index is 8.17. The molecule has 1 fully saturated rings. The summed E-state index contributed by atoms with van der Waals surface area (Å²) in [7, 11) is 0. The Hall–Kier alpha value is -0.730. The van der Waals surface area contributed by atoms with Gasteiger partial charge in [-0.15, -0.1) is 0 Å². The van der Waals surface area contributed by atoms with E-state index >= 15 is 0 Å². The van der Waals surface area contributed by atoms with Gasteiger partial charge in [0.15, 0.2) is 0 Å². The Kier molecular flexibility index (Phi) is 2.95. The molecule has 0 N–H and O–H groups in total. The molecule has 0 radical (unpaired) electrons. The second-order valence-electron chi connectivity index (χ2n) is 3.87. The zero-order valence-electron chi connectivity index (χ0n) is 7.66. The van der Waals surface area contributed by atoms with Crippen LogP contribution in [0.1, 0.15) is 26.7 Å². The molecule has 1 saturated heterocycles. The maximum Gasteiger partial charge on any atom is 0.0682 e. The number of hydrogen-bond acceptors (Lipinski definition) is 2. The molecular formula is C8H15N3O. The van der Waals surface area contributed by atoms with Crippen molar-refractivity contribution in [1.82, 2.24) is 0 Å². The highest BCUT2D eigenvalue weighted by molar-refractivity contribution is 4.83. The van der Waals surface area contributed by atoms with E-state index in [1.165, 1.54) is 0 Å². The molecule has 1 rings (SSSR count). The van der Waals surface area contributed by atoms with Gasteiger partial charge in [0.1, 0.15) is 0 Å². The monoisotopic (exact) mass is 169 g/mol. The molecule has 12 heavy (non-hydrogen) atoms. The van der Waals surface area contributed by atoms with Crippen LogP contribution in [0.5, 0.6) is 0 Å². The molecule has 0 aromatic carbocycles. The highest BCUT2D eigenvalue weighted by Crippen LogP contribution is 2.33. The van der Waals surface area contributed by atoms with Crippen LogP contribution in [0, 0.1) is 5.41 Å². The van der Waals surface area contributed by atoms with Crippen molar-refractivity contribution in [3.05, 3.63) is 10.4 Å². The van der Waals surface area contributed by atoms with E-state index in [0.29, 0.717) is 6.54 Å². The van der Waals surface area contributed by atoms with Crippen molar-refractivity contribution < 1.29 is 4.74 Å². The number of nitrogens with zero attached hydrogens (tertiary/aromatic N) is 3. The van der Waals surface area contributed by atoms with Crippen LogP contribution in [-0.2, 0) is 4.74 Å². The molecule has 4 nitrogen and oxygen atoms in total. The lowest BCUT2D eigenvalue weighted by molar-refractivity contribution is -0.0610. The van der Waals surface area contributed by atoms with Crippen LogP contribution in [0.2, 0.25) is 0 Å². The maximum absolute atomic E-state index is 8.17. The summed E-state index contributed by atoms with van der Waals surface area (Å²) in [5, 5.41) is 3.55. The Morgan fingerprint density at radius 1 is 1.67 bits per heavy atom. The lowest BCUT2D eigenvalue weighted by Gasteiger charge is -2.37. The molecule has 0 saturated carbocycles. The van der Waals surface area contributed by atoms with Crippen molar-refractivity contribution >= 4 is 0 Å². The standard InChI is InChI=1S/C8H15N3O/c1-8(2)4-3-5-12-7(8)6-10-11-9/h7H,3-6H2,1-2H3. The van der Waals surface area contributed by atoms with Crippen molar-refractivity contribution in [3.63, 3.8) is 0 Å². The molecule has 1 aliphatic rings. The number of rotatable bonds is 2. The zero-order chi connectivity index (χ0) is 9.03. The molecule has 0 aliphatic carbocycles. The lowest BCUT2D eigenvalue weighted by Crippen LogP contribution is -2.38. The van der Waals surface area contributed by atoms with Crippen molar-refractivity contribution in [1.29, 1.82) is 0 Å². The number of hydrogen-bond donors (Lipinski definition) is 0. The van der Waals surface area contributed by atoms with Gasteiger partial charge < -0.3 is 4.74 Å². The first-order valence-corrected chi connectivity index (χ1v) is 4.29. The van der Waals surface area contributed by atoms with E-state index in [0.717, 1.165) is 19.4 Å². The second-order valence-corrected chi connectivity index (χ2v) is 3.87. The lowest BCUT2D eigenvalue weighted by atomic mass is 9.80. The summed E-state index contributed by atoms with van der Waals surface area (Å²) in [6.07, 6.45) is 2.36. The van der Waals surface area contributed by atoms with Gasteiger partial charge in [0, 0.05) is 11.5 Å². The predicted octanol–water partition coefficient (Wildman–Crippen LogP) is 2.50. The van der Waals surface area contributed by atoms with Crippen LogP contribution in [0.25, 0.3) is 10.4 Å². The molecule has 0 amide bonds. The highest BCUT2D eigenvalue weighted by atomic mass is 16.5. The minimum Gasteiger partial charge on any atom is -0.378 e. The smallest absolute Gasteiger partial charge is 0.0682 e. The van der Waals surface area contributed by atoms with Crippen LogP contribution in [0.4, 0.5) is 0 Å². The summed E-state index contributed by atoms with van der Waals surface area (Å²) in [4.78, 5) is 2.74. The minimum atomic E-state index is 0.0992. The molecule has 0 aromatic rings. The number of ether oxygens (including phenoxy) is 1. The molecule has 1 heterocycles. The Labute approximate surface area is 72.5 Å². The van der Waals surface area contributed by atoms with E-state index in [1.807, 2.05) is 0 Å². The highest BCUT2D eigenvalue weighted by Gasteiger charge is 2.32. The topological polar surface area (TPSA) is 58.0 Å². The molecule has 0 aromatic heterocycles. The predicted molar refractivity (Wildman–Crippen MR) is 46.8 cm³/mol. The summed E-state index contributed by atoms with van der Waals surface area (Å²) < 4.78 is 5.53. The molecule has 1 aliphatic heterocycles. The molecule has 0 bridgehead atoms. The van der Waals surface area contributed by atoms with Gasteiger partial charge >= 0.3 is 0 Å². The normalized spacial score (nSPS) is 27.7. The second kappa shape index (κ2) is 3.78. The summed E-state index contributed by atoms with van der Waals surface area (Å²) in [6.45, 7) is 5.58. The van der Waals surface area contributed by atoms with Crippen molar-refractivity contribution in [3.8, 4) is 0 Å². The van der Waals surface area contributed by atoms with Crippen LogP contribution in [0.15, 0.2) is 5.11 Å². The third kappa shape index (κ3) is 2.13. The van der Waals surface area contributed by atoms with E-state index in [2.05, 4.69) is 23.9 Å². The molecule has 4 heteroatoms. The van der Waals surface area contributed by atoms with Gasteiger partial charge in [-0.05, 0) is 23.8 Å². The molecule has 1 atom stereocenters. The van der Waals surface area contributed by atoms with Gasteiger partial charge in [-0.2, -0.15) is 0 Å². The first-order chi connectivity index (χ1) is 5.67. The largest absolute Gasteiger partial charge is 0.378 e. The molecular weight excluding hydrogens is 154 g/mol. The average Bonchev–Trinajstić information content (AvgIpc) is 2.02. The van der Waals surface area contributed by atoms with Gasteiger partial charge in [-0.25, -0.2) is 0 Å². The fourth-order valence-electron chi connectivity index (χ4n) is 1.55. The van der Waals surface area contributed by atoms with Gasteiger partial charge in [-0.3, -0.25) is 0 Å².